The molecule has 0 fully saturated rings. The van der Waals surface area contributed by atoms with Gasteiger partial charge in [0.05, 0.1) is 6.04 Å². The number of fused-ring (bicyclic) bond motifs is 1. The van der Waals surface area contributed by atoms with Crippen LogP contribution >= 0.6 is 0 Å². The van der Waals surface area contributed by atoms with Gasteiger partial charge >= 0.3 is 0 Å². The van der Waals surface area contributed by atoms with Gasteiger partial charge in [-0.25, -0.2) is 0 Å². The van der Waals surface area contributed by atoms with Crippen molar-refractivity contribution in [2.45, 2.75) is 25.4 Å². The number of para-hydroxylation sites is 1. The molecular formula is C18H22N2. The van der Waals surface area contributed by atoms with Gasteiger partial charge in [-0.3, -0.25) is 0 Å². The van der Waals surface area contributed by atoms with Crippen molar-refractivity contribution in [3.63, 3.8) is 0 Å². The van der Waals surface area contributed by atoms with Crippen LogP contribution in [0.25, 0.3) is 0 Å². The Labute approximate surface area is 121 Å². The first-order chi connectivity index (χ1) is 9.74. The van der Waals surface area contributed by atoms with Crippen molar-refractivity contribution in [1.82, 2.24) is 4.90 Å². The summed E-state index contributed by atoms with van der Waals surface area (Å²) in [4.78, 5) is 2.21. The van der Waals surface area contributed by atoms with E-state index in [1.54, 1.807) is 0 Å². The third kappa shape index (κ3) is 2.70. The maximum absolute atomic E-state index is 3.74. The Bertz CT molecular complexity index is 589. The van der Waals surface area contributed by atoms with E-state index in [-0.39, 0.29) is 0 Å². The van der Waals surface area contributed by atoms with Crippen molar-refractivity contribution < 1.29 is 0 Å². The Hall–Kier alpha value is -1.80. The molecule has 0 radical (unpaired) electrons. The van der Waals surface area contributed by atoms with Crippen molar-refractivity contribution in [1.29, 1.82) is 0 Å². The van der Waals surface area contributed by atoms with E-state index in [1.165, 1.54) is 35.2 Å². The lowest BCUT2D eigenvalue weighted by Gasteiger charge is -2.20. The van der Waals surface area contributed by atoms with Gasteiger partial charge in [0.15, 0.2) is 0 Å². The Morgan fingerprint density at radius 1 is 1.05 bits per heavy atom. The van der Waals surface area contributed by atoms with Gasteiger partial charge in [-0.1, -0.05) is 42.5 Å². The highest BCUT2D eigenvalue weighted by Gasteiger charge is 2.22. The molecule has 20 heavy (non-hydrogen) atoms. The van der Waals surface area contributed by atoms with Gasteiger partial charge in [0.2, 0.25) is 0 Å². The van der Waals surface area contributed by atoms with Gasteiger partial charge in [0.25, 0.3) is 0 Å². The number of benzene rings is 2. The number of nitrogens with zero attached hydrogens (tertiary/aromatic N) is 1. The minimum absolute atomic E-state index is 0.453. The summed E-state index contributed by atoms with van der Waals surface area (Å²) in [5.41, 5.74) is 5.59. The van der Waals surface area contributed by atoms with Crippen LogP contribution in [-0.2, 0) is 13.0 Å². The monoisotopic (exact) mass is 266 g/mol. The first kappa shape index (κ1) is 13.2. The van der Waals surface area contributed by atoms with E-state index >= 15 is 0 Å². The SMILES string of the molecule is CN(C)Cc1ccccc1NC1CCc2ccccc21. The average Bonchev–Trinajstić information content (AvgIpc) is 2.84. The summed E-state index contributed by atoms with van der Waals surface area (Å²) < 4.78 is 0. The van der Waals surface area contributed by atoms with Gasteiger partial charge in [-0.05, 0) is 49.7 Å². The Kier molecular flexibility index (Phi) is 3.75. The van der Waals surface area contributed by atoms with E-state index in [0.29, 0.717) is 6.04 Å². The minimum atomic E-state index is 0.453. The van der Waals surface area contributed by atoms with Crippen LogP contribution in [0.4, 0.5) is 5.69 Å². The summed E-state index contributed by atoms with van der Waals surface area (Å²) in [6.07, 6.45) is 2.37. The summed E-state index contributed by atoms with van der Waals surface area (Å²) in [6.45, 7) is 0.970. The molecule has 104 valence electrons. The lowest BCUT2D eigenvalue weighted by atomic mass is 10.1. The molecule has 0 saturated heterocycles. The second-order valence-electron chi connectivity index (χ2n) is 5.83. The van der Waals surface area contributed by atoms with Crippen LogP contribution in [-0.4, -0.2) is 19.0 Å². The first-order valence-corrected chi connectivity index (χ1v) is 7.31. The van der Waals surface area contributed by atoms with Crippen LogP contribution in [0.15, 0.2) is 48.5 Å². The van der Waals surface area contributed by atoms with Crippen molar-refractivity contribution in [3.05, 3.63) is 65.2 Å². The molecule has 1 unspecified atom stereocenters. The van der Waals surface area contributed by atoms with Crippen molar-refractivity contribution >= 4 is 5.69 Å². The van der Waals surface area contributed by atoms with E-state index in [9.17, 15) is 0 Å². The number of rotatable bonds is 4. The topological polar surface area (TPSA) is 15.3 Å². The third-order valence-electron chi connectivity index (χ3n) is 3.97. The highest BCUT2D eigenvalue weighted by molar-refractivity contribution is 5.54. The number of hydrogen-bond donors (Lipinski definition) is 1. The highest BCUT2D eigenvalue weighted by atomic mass is 15.1. The maximum atomic E-state index is 3.74. The lowest BCUT2D eigenvalue weighted by Crippen LogP contribution is -2.14. The summed E-state index contributed by atoms with van der Waals surface area (Å²) in [6, 6.07) is 17.9. The van der Waals surface area contributed by atoms with E-state index in [2.05, 4.69) is 72.8 Å². The molecule has 1 N–H and O–H groups in total. The van der Waals surface area contributed by atoms with Crippen LogP contribution in [0.3, 0.4) is 0 Å². The summed E-state index contributed by atoms with van der Waals surface area (Å²) in [7, 11) is 4.23. The predicted molar refractivity (Wildman–Crippen MR) is 85.0 cm³/mol. The third-order valence-corrected chi connectivity index (χ3v) is 3.97. The van der Waals surface area contributed by atoms with Gasteiger partial charge in [-0.15, -0.1) is 0 Å². The minimum Gasteiger partial charge on any atom is -0.378 e. The molecule has 2 nitrogen and oxygen atoms in total. The standard InChI is InChI=1S/C18H22N2/c1-20(2)13-15-8-4-6-10-17(15)19-18-12-11-14-7-3-5-9-16(14)18/h3-10,18-19H,11-13H2,1-2H3. The highest BCUT2D eigenvalue weighted by Crippen LogP contribution is 2.34. The number of aryl methyl sites for hydroxylation is 1. The number of nitrogens with one attached hydrogen (secondary N) is 1. The van der Waals surface area contributed by atoms with Crippen LogP contribution in [0, 0.1) is 0 Å². The molecule has 0 amide bonds. The Balaban J connectivity index is 1.82. The molecule has 1 aliphatic carbocycles. The average molecular weight is 266 g/mol. The van der Waals surface area contributed by atoms with Gasteiger partial charge in [-0.2, -0.15) is 0 Å². The van der Waals surface area contributed by atoms with Gasteiger partial charge in [0.1, 0.15) is 0 Å². The van der Waals surface area contributed by atoms with Crippen molar-refractivity contribution in [3.8, 4) is 0 Å². The number of anilines is 1. The predicted octanol–water partition coefficient (Wildman–Crippen LogP) is 3.85. The first-order valence-electron chi connectivity index (χ1n) is 7.31. The molecule has 0 aromatic heterocycles. The van der Waals surface area contributed by atoms with Crippen LogP contribution in [0.2, 0.25) is 0 Å². The molecular weight excluding hydrogens is 244 g/mol. The number of hydrogen-bond acceptors (Lipinski definition) is 2. The second-order valence-corrected chi connectivity index (χ2v) is 5.83. The molecule has 0 aliphatic heterocycles. The van der Waals surface area contributed by atoms with E-state index in [1.807, 2.05) is 0 Å². The Morgan fingerprint density at radius 2 is 1.80 bits per heavy atom. The molecule has 0 heterocycles. The molecule has 2 aromatic rings. The van der Waals surface area contributed by atoms with Crippen molar-refractivity contribution in [2.24, 2.45) is 0 Å². The molecule has 0 bridgehead atoms. The maximum Gasteiger partial charge on any atom is 0.0519 e. The van der Waals surface area contributed by atoms with Crippen molar-refractivity contribution in [2.75, 3.05) is 19.4 Å². The smallest absolute Gasteiger partial charge is 0.0519 e. The largest absolute Gasteiger partial charge is 0.378 e. The Morgan fingerprint density at radius 3 is 2.65 bits per heavy atom. The van der Waals surface area contributed by atoms with E-state index < -0.39 is 0 Å². The molecule has 2 heteroatoms. The molecule has 3 rings (SSSR count). The fraction of sp³-hybridized carbons (Fsp3) is 0.333. The summed E-state index contributed by atoms with van der Waals surface area (Å²) >= 11 is 0. The quantitative estimate of drug-likeness (QED) is 0.904. The fourth-order valence-corrected chi connectivity index (χ4v) is 3.03. The normalized spacial score (nSPS) is 17.2. The molecule has 1 atom stereocenters. The molecule has 1 aliphatic rings. The second kappa shape index (κ2) is 5.68. The molecule has 0 saturated carbocycles. The van der Waals surface area contributed by atoms with Crippen LogP contribution < -0.4 is 5.32 Å². The van der Waals surface area contributed by atoms with Gasteiger partial charge < -0.3 is 10.2 Å². The summed E-state index contributed by atoms with van der Waals surface area (Å²) in [5.74, 6) is 0. The molecule has 2 aromatic carbocycles. The van der Waals surface area contributed by atoms with E-state index in [0.717, 1.165) is 6.54 Å². The zero-order chi connectivity index (χ0) is 13.9. The summed E-state index contributed by atoms with van der Waals surface area (Å²) in [5, 5.41) is 3.74. The van der Waals surface area contributed by atoms with E-state index in [4.69, 9.17) is 0 Å². The zero-order valence-electron chi connectivity index (χ0n) is 12.3. The van der Waals surface area contributed by atoms with Crippen LogP contribution in [0.5, 0.6) is 0 Å². The van der Waals surface area contributed by atoms with Gasteiger partial charge in [0, 0.05) is 12.2 Å². The molecule has 0 spiro atoms. The zero-order valence-corrected chi connectivity index (χ0v) is 12.3. The van der Waals surface area contributed by atoms with Crippen LogP contribution in [0.1, 0.15) is 29.2 Å². The lowest BCUT2D eigenvalue weighted by molar-refractivity contribution is 0.403. The fourth-order valence-electron chi connectivity index (χ4n) is 3.03.